The molecule has 3 heteroatoms. The molecule has 1 atom stereocenters. The molecule has 0 aromatic heterocycles. The van der Waals surface area contributed by atoms with Crippen LogP contribution < -0.4 is 0 Å². The standard InChI is InChI=1S/C6H14OS2/c1-2-6(7)5-9-4-3-8/h6-8H,2-5H2,1H3. The average Bonchev–Trinajstić information content (AvgIpc) is 1.89. The van der Waals surface area contributed by atoms with E-state index in [1.807, 2.05) is 6.92 Å². The van der Waals surface area contributed by atoms with Gasteiger partial charge in [-0.3, -0.25) is 0 Å². The highest BCUT2D eigenvalue weighted by molar-refractivity contribution is 8.00. The molecule has 0 saturated heterocycles. The molecule has 0 heterocycles. The number of rotatable bonds is 5. The van der Waals surface area contributed by atoms with E-state index >= 15 is 0 Å². The Morgan fingerprint density at radius 3 is 2.78 bits per heavy atom. The predicted octanol–water partition coefficient (Wildman–Crippen LogP) is 1.42. The second-order valence-corrected chi connectivity index (χ2v) is 3.46. The van der Waals surface area contributed by atoms with Crippen LogP contribution in [0, 0.1) is 0 Å². The second-order valence-electron chi connectivity index (χ2n) is 1.86. The zero-order valence-electron chi connectivity index (χ0n) is 5.71. The molecule has 0 bridgehead atoms. The summed E-state index contributed by atoms with van der Waals surface area (Å²) in [4.78, 5) is 0. The summed E-state index contributed by atoms with van der Waals surface area (Å²) in [6.07, 6.45) is 0.745. The summed E-state index contributed by atoms with van der Waals surface area (Å²) in [6, 6.07) is 0. The minimum atomic E-state index is -0.116. The van der Waals surface area contributed by atoms with Crippen molar-refractivity contribution in [3.63, 3.8) is 0 Å². The maximum absolute atomic E-state index is 9.04. The lowest BCUT2D eigenvalue weighted by Crippen LogP contribution is -2.07. The highest BCUT2D eigenvalue weighted by atomic mass is 32.2. The summed E-state index contributed by atoms with van der Waals surface area (Å²) in [5.41, 5.74) is 0. The van der Waals surface area contributed by atoms with Crippen LogP contribution in [0.2, 0.25) is 0 Å². The highest BCUT2D eigenvalue weighted by Crippen LogP contribution is 2.04. The van der Waals surface area contributed by atoms with Crippen molar-refractivity contribution >= 4 is 24.4 Å². The van der Waals surface area contributed by atoms with E-state index < -0.39 is 0 Å². The second kappa shape index (κ2) is 6.78. The summed E-state index contributed by atoms with van der Waals surface area (Å²) in [5, 5.41) is 9.04. The first-order chi connectivity index (χ1) is 4.31. The van der Waals surface area contributed by atoms with E-state index in [2.05, 4.69) is 12.6 Å². The van der Waals surface area contributed by atoms with Crippen molar-refractivity contribution < 1.29 is 5.11 Å². The topological polar surface area (TPSA) is 20.2 Å². The van der Waals surface area contributed by atoms with Crippen LogP contribution in [0.5, 0.6) is 0 Å². The van der Waals surface area contributed by atoms with Gasteiger partial charge in [-0.25, -0.2) is 0 Å². The lowest BCUT2D eigenvalue weighted by atomic mass is 10.3. The fourth-order valence-electron chi connectivity index (χ4n) is 0.402. The molecule has 0 radical (unpaired) electrons. The number of aliphatic hydroxyl groups is 1. The van der Waals surface area contributed by atoms with Gasteiger partial charge in [0.1, 0.15) is 0 Å². The van der Waals surface area contributed by atoms with Gasteiger partial charge in [0.2, 0.25) is 0 Å². The Morgan fingerprint density at radius 1 is 1.67 bits per heavy atom. The van der Waals surface area contributed by atoms with E-state index in [-0.39, 0.29) is 6.10 Å². The summed E-state index contributed by atoms with van der Waals surface area (Å²) in [7, 11) is 0. The Hall–Kier alpha value is 0.660. The molecule has 0 spiro atoms. The maximum Gasteiger partial charge on any atom is 0.0628 e. The van der Waals surface area contributed by atoms with Crippen molar-refractivity contribution in [3.8, 4) is 0 Å². The van der Waals surface area contributed by atoms with Crippen molar-refractivity contribution in [1.29, 1.82) is 0 Å². The van der Waals surface area contributed by atoms with Crippen molar-refractivity contribution in [2.75, 3.05) is 17.3 Å². The van der Waals surface area contributed by atoms with Crippen LogP contribution >= 0.6 is 24.4 Å². The highest BCUT2D eigenvalue weighted by Gasteiger charge is 1.97. The van der Waals surface area contributed by atoms with Crippen LogP contribution in [0.25, 0.3) is 0 Å². The van der Waals surface area contributed by atoms with Crippen LogP contribution in [-0.4, -0.2) is 28.5 Å². The van der Waals surface area contributed by atoms with Crippen molar-refractivity contribution in [2.45, 2.75) is 19.4 Å². The van der Waals surface area contributed by atoms with Gasteiger partial charge < -0.3 is 5.11 Å². The quantitative estimate of drug-likeness (QED) is 0.476. The smallest absolute Gasteiger partial charge is 0.0628 e. The van der Waals surface area contributed by atoms with Crippen LogP contribution in [-0.2, 0) is 0 Å². The maximum atomic E-state index is 9.04. The van der Waals surface area contributed by atoms with E-state index in [1.165, 1.54) is 0 Å². The molecular weight excluding hydrogens is 152 g/mol. The molecule has 56 valence electrons. The molecule has 0 aromatic carbocycles. The largest absolute Gasteiger partial charge is 0.392 e. The van der Waals surface area contributed by atoms with Gasteiger partial charge in [0.15, 0.2) is 0 Å². The van der Waals surface area contributed by atoms with Gasteiger partial charge in [-0.1, -0.05) is 6.92 Å². The molecule has 1 N–H and O–H groups in total. The first-order valence-electron chi connectivity index (χ1n) is 3.18. The minimum absolute atomic E-state index is 0.116. The number of hydrogen-bond donors (Lipinski definition) is 2. The van der Waals surface area contributed by atoms with Gasteiger partial charge in [0, 0.05) is 11.5 Å². The van der Waals surface area contributed by atoms with E-state index in [1.54, 1.807) is 11.8 Å². The summed E-state index contributed by atoms with van der Waals surface area (Å²) < 4.78 is 0. The molecule has 1 unspecified atom stereocenters. The molecule has 1 nitrogen and oxygen atoms in total. The van der Waals surface area contributed by atoms with E-state index in [0.717, 1.165) is 23.7 Å². The molecule has 0 rings (SSSR count). The van der Waals surface area contributed by atoms with Crippen LogP contribution in [0.3, 0.4) is 0 Å². The fourth-order valence-corrected chi connectivity index (χ4v) is 1.59. The van der Waals surface area contributed by atoms with Crippen LogP contribution in [0.1, 0.15) is 13.3 Å². The first-order valence-corrected chi connectivity index (χ1v) is 4.96. The third-order valence-electron chi connectivity index (χ3n) is 1.02. The zero-order chi connectivity index (χ0) is 7.11. The van der Waals surface area contributed by atoms with Gasteiger partial charge in [0.05, 0.1) is 6.10 Å². The molecule has 0 aromatic rings. The Morgan fingerprint density at radius 2 is 2.33 bits per heavy atom. The Balaban J connectivity index is 2.88. The Kier molecular flexibility index (Phi) is 7.27. The number of aliphatic hydroxyl groups excluding tert-OH is 1. The summed E-state index contributed by atoms with van der Waals surface area (Å²) in [5.74, 6) is 2.80. The van der Waals surface area contributed by atoms with Crippen LogP contribution in [0.15, 0.2) is 0 Å². The van der Waals surface area contributed by atoms with Crippen molar-refractivity contribution in [3.05, 3.63) is 0 Å². The van der Waals surface area contributed by atoms with E-state index in [4.69, 9.17) is 5.11 Å². The third-order valence-corrected chi connectivity index (χ3v) is 2.66. The normalized spacial score (nSPS) is 13.7. The molecular formula is C6H14OS2. The monoisotopic (exact) mass is 166 g/mol. The first kappa shape index (κ1) is 9.66. The molecule has 0 aliphatic rings. The lowest BCUT2D eigenvalue weighted by Gasteiger charge is -2.04. The molecule has 0 aliphatic carbocycles. The molecule has 9 heavy (non-hydrogen) atoms. The lowest BCUT2D eigenvalue weighted by molar-refractivity contribution is 0.195. The van der Waals surface area contributed by atoms with Gasteiger partial charge in [-0.15, -0.1) is 0 Å². The average molecular weight is 166 g/mol. The Labute approximate surface area is 66.6 Å². The van der Waals surface area contributed by atoms with Gasteiger partial charge >= 0.3 is 0 Å². The molecule has 0 fully saturated rings. The predicted molar refractivity (Wildman–Crippen MR) is 47.5 cm³/mol. The van der Waals surface area contributed by atoms with Crippen LogP contribution in [0.4, 0.5) is 0 Å². The fraction of sp³-hybridized carbons (Fsp3) is 1.00. The SMILES string of the molecule is CCC(O)CSCCS. The van der Waals surface area contributed by atoms with E-state index in [0.29, 0.717) is 0 Å². The number of thioether (sulfide) groups is 1. The molecule has 0 aliphatic heterocycles. The third kappa shape index (κ3) is 6.55. The number of thiol groups is 1. The molecule has 0 saturated carbocycles. The summed E-state index contributed by atoms with van der Waals surface area (Å²) in [6.45, 7) is 1.99. The van der Waals surface area contributed by atoms with Crippen molar-refractivity contribution in [1.82, 2.24) is 0 Å². The Bertz CT molecular complexity index is 59.0. The van der Waals surface area contributed by atoms with Gasteiger partial charge in [-0.2, -0.15) is 24.4 Å². The minimum Gasteiger partial charge on any atom is -0.392 e. The van der Waals surface area contributed by atoms with Crippen molar-refractivity contribution in [2.24, 2.45) is 0 Å². The van der Waals surface area contributed by atoms with Gasteiger partial charge in [0.25, 0.3) is 0 Å². The van der Waals surface area contributed by atoms with E-state index in [9.17, 15) is 0 Å². The van der Waals surface area contributed by atoms with Gasteiger partial charge in [-0.05, 0) is 12.2 Å². The zero-order valence-corrected chi connectivity index (χ0v) is 7.42. The molecule has 0 amide bonds. The summed E-state index contributed by atoms with van der Waals surface area (Å²) >= 11 is 5.81. The number of hydrogen-bond acceptors (Lipinski definition) is 3.